The van der Waals surface area contributed by atoms with Crippen molar-refractivity contribution in [2.75, 3.05) is 10.2 Å². The lowest BCUT2D eigenvalue weighted by Crippen LogP contribution is -2.40. The first-order chi connectivity index (χ1) is 14.0. The maximum absolute atomic E-state index is 12.6. The molecule has 2 unspecified atom stereocenters. The highest BCUT2D eigenvalue weighted by molar-refractivity contribution is 7.10. The molecule has 0 fully saturated rings. The SMILES string of the molecule is NCc1cc(C(C(N)=O)N2c3c(C(=O)O)ccnc3NC2c2cccs2)ccn1. The van der Waals surface area contributed by atoms with Gasteiger partial charge in [0.15, 0.2) is 5.82 Å². The normalized spacial score (nSPS) is 16.2. The van der Waals surface area contributed by atoms with Crippen molar-refractivity contribution in [1.29, 1.82) is 0 Å². The van der Waals surface area contributed by atoms with Crippen molar-refractivity contribution in [2.45, 2.75) is 18.8 Å². The molecule has 1 aliphatic heterocycles. The Hall–Kier alpha value is -3.50. The first kappa shape index (κ1) is 18.8. The Morgan fingerprint density at radius 2 is 2.07 bits per heavy atom. The molecule has 2 atom stereocenters. The van der Waals surface area contributed by atoms with Crippen LogP contribution in [0.25, 0.3) is 0 Å². The van der Waals surface area contributed by atoms with Crippen molar-refractivity contribution >= 4 is 34.7 Å². The molecule has 0 aliphatic carbocycles. The average Bonchev–Trinajstić information content (AvgIpc) is 3.36. The Morgan fingerprint density at radius 3 is 2.72 bits per heavy atom. The summed E-state index contributed by atoms with van der Waals surface area (Å²) in [5.41, 5.74) is 13.0. The number of anilines is 2. The molecule has 9 nitrogen and oxygen atoms in total. The minimum Gasteiger partial charge on any atom is -0.478 e. The summed E-state index contributed by atoms with van der Waals surface area (Å²) in [5.74, 6) is -1.37. The van der Waals surface area contributed by atoms with Crippen molar-refractivity contribution in [3.05, 3.63) is 69.8 Å². The van der Waals surface area contributed by atoms with Gasteiger partial charge in [0.05, 0.1) is 16.9 Å². The fourth-order valence-corrected chi connectivity index (χ4v) is 4.27. The number of nitrogens with two attached hydrogens (primary N) is 2. The zero-order valence-electron chi connectivity index (χ0n) is 15.1. The molecule has 10 heteroatoms. The highest BCUT2D eigenvalue weighted by Gasteiger charge is 2.42. The van der Waals surface area contributed by atoms with Gasteiger partial charge in [-0.15, -0.1) is 11.3 Å². The lowest BCUT2D eigenvalue weighted by Gasteiger charge is -2.33. The summed E-state index contributed by atoms with van der Waals surface area (Å²) in [6.45, 7) is 0.199. The molecule has 148 valence electrons. The smallest absolute Gasteiger partial charge is 0.338 e. The number of fused-ring (bicyclic) bond motifs is 1. The van der Waals surface area contributed by atoms with E-state index >= 15 is 0 Å². The standard InChI is InChI=1S/C19H18N6O3S/c20-9-11-8-10(3-5-22-11)14(16(21)26)25-15-12(19(27)28)4-6-23-17(15)24-18(25)13-2-1-7-29-13/h1-8,14,18H,9,20H2,(H2,21,26)(H,23,24)(H,27,28). The number of hydrogen-bond donors (Lipinski definition) is 4. The van der Waals surface area contributed by atoms with Crippen molar-refractivity contribution < 1.29 is 14.7 Å². The summed E-state index contributed by atoms with van der Waals surface area (Å²) in [6, 6.07) is 7.61. The number of hydrogen-bond acceptors (Lipinski definition) is 8. The maximum atomic E-state index is 12.6. The summed E-state index contributed by atoms with van der Waals surface area (Å²) >= 11 is 1.48. The molecule has 3 aromatic heterocycles. The van der Waals surface area contributed by atoms with Gasteiger partial charge < -0.3 is 26.8 Å². The summed E-state index contributed by atoms with van der Waals surface area (Å²) in [5, 5.41) is 14.9. The molecule has 3 aromatic rings. The van der Waals surface area contributed by atoms with Crippen molar-refractivity contribution in [2.24, 2.45) is 11.5 Å². The molecule has 4 rings (SSSR count). The predicted octanol–water partition coefficient (Wildman–Crippen LogP) is 1.85. The number of carbonyl (C=O) groups is 2. The van der Waals surface area contributed by atoms with Crippen LogP contribution in [-0.2, 0) is 11.3 Å². The van der Waals surface area contributed by atoms with E-state index in [0.29, 0.717) is 22.8 Å². The van der Waals surface area contributed by atoms with E-state index in [2.05, 4.69) is 15.3 Å². The first-order valence-electron chi connectivity index (χ1n) is 8.76. The largest absolute Gasteiger partial charge is 0.478 e. The number of carboxylic acid groups (broad SMARTS) is 1. The third-order valence-corrected chi connectivity index (χ3v) is 5.62. The van der Waals surface area contributed by atoms with E-state index in [1.165, 1.54) is 23.6 Å². The average molecular weight is 410 g/mol. The molecule has 6 N–H and O–H groups in total. The molecule has 1 aliphatic rings. The number of thiophene rings is 1. The molecular weight excluding hydrogens is 392 g/mol. The van der Waals surface area contributed by atoms with Crippen LogP contribution in [0.3, 0.4) is 0 Å². The van der Waals surface area contributed by atoms with Gasteiger partial charge in [0.25, 0.3) is 0 Å². The second-order valence-electron chi connectivity index (χ2n) is 6.42. The fourth-order valence-electron chi connectivity index (χ4n) is 3.50. The minimum absolute atomic E-state index is 0.0286. The van der Waals surface area contributed by atoms with Crippen LogP contribution < -0.4 is 21.7 Å². The first-order valence-corrected chi connectivity index (χ1v) is 9.64. The summed E-state index contributed by atoms with van der Waals surface area (Å²) in [6.07, 6.45) is 2.46. The number of carbonyl (C=O) groups excluding carboxylic acids is 1. The van der Waals surface area contributed by atoms with E-state index in [1.807, 2.05) is 17.5 Å². The summed E-state index contributed by atoms with van der Waals surface area (Å²) in [7, 11) is 0. The zero-order chi connectivity index (χ0) is 20.5. The van der Waals surface area contributed by atoms with Gasteiger partial charge in [-0.1, -0.05) is 6.07 Å². The number of aromatic carboxylic acids is 1. The molecule has 0 spiro atoms. The van der Waals surface area contributed by atoms with Crippen LogP contribution >= 0.6 is 11.3 Å². The number of amides is 1. The van der Waals surface area contributed by atoms with Gasteiger partial charge in [0, 0.05) is 23.8 Å². The molecule has 1 amide bonds. The summed E-state index contributed by atoms with van der Waals surface area (Å²) in [4.78, 5) is 35.6. The zero-order valence-corrected chi connectivity index (χ0v) is 16.0. The van der Waals surface area contributed by atoms with Crippen LogP contribution in [0, 0.1) is 0 Å². The van der Waals surface area contributed by atoms with Gasteiger partial charge in [0.1, 0.15) is 12.2 Å². The molecule has 0 radical (unpaired) electrons. The monoisotopic (exact) mass is 410 g/mol. The number of aromatic nitrogens is 2. The molecule has 0 saturated heterocycles. The van der Waals surface area contributed by atoms with Gasteiger partial charge in [0.2, 0.25) is 5.91 Å². The van der Waals surface area contributed by atoms with Crippen molar-refractivity contribution in [3.8, 4) is 0 Å². The lowest BCUT2D eigenvalue weighted by molar-refractivity contribution is -0.119. The molecule has 29 heavy (non-hydrogen) atoms. The van der Waals surface area contributed by atoms with Crippen LogP contribution in [0.4, 0.5) is 11.5 Å². The van der Waals surface area contributed by atoms with Crippen LogP contribution in [0.1, 0.15) is 38.7 Å². The van der Waals surface area contributed by atoms with E-state index in [4.69, 9.17) is 11.5 Å². The Kier molecular flexibility index (Phi) is 4.87. The lowest BCUT2D eigenvalue weighted by atomic mass is 10.0. The number of primary amides is 1. The maximum Gasteiger partial charge on any atom is 0.338 e. The van der Waals surface area contributed by atoms with Crippen LogP contribution in [-0.4, -0.2) is 27.0 Å². The van der Waals surface area contributed by atoms with Crippen LogP contribution in [0.15, 0.2) is 48.1 Å². The minimum atomic E-state index is -1.12. The topological polar surface area (TPSA) is 147 Å². The van der Waals surface area contributed by atoms with Gasteiger partial charge in [-0.25, -0.2) is 9.78 Å². The van der Waals surface area contributed by atoms with Crippen LogP contribution in [0.2, 0.25) is 0 Å². The molecular formula is C19H18N6O3S. The van der Waals surface area contributed by atoms with E-state index in [9.17, 15) is 14.7 Å². The number of nitrogens with one attached hydrogen (secondary N) is 1. The fraction of sp³-hybridized carbons (Fsp3) is 0.158. The quantitative estimate of drug-likeness (QED) is 0.481. The third kappa shape index (κ3) is 3.28. The Labute approximate surface area is 170 Å². The van der Waals surface area contributed by atoms with E-state index in [1.54, 1.807) is 23.2 Å². The Morgan fingerprint density at radius 1 is 1.28 bits per heavy atom. The van der Waals surface area contributed by atoms with E-state index < -0.39 is 24.1 Å². The van der Waals surface area contributed by atoms with Crippen molar-refractivity contribution in [1.82, 2.24) is 9.97 Å². The second kappa shape index (κ2) is 7.49. The Bertz CT molecular complexity index is 1070. The molecule has 0 aromatic carbocycles. The third-order valence-electron chi connectivity index (χ3n) is 4.69. The second-order valence-corrected chi connectivity index (χ2v) is 7.40. The Balaban J connectivity index is 1.93. The van der Waals surface area contributed by atoms with E-state index in [0.717, 1.165) is 4.88 Å². The number of rotatable bonds is 6. The van der Waals surface area contributed by atoms with Gasteiger partial charge in [-0.05, 0) is 35.2 Å². The number of carboxylic acids is 1. The number of nitrogens with zero attached hydrogens (tertiary/aromatic N) is 3. The molecule has 0 saturated carbocycles. The highest BCUT2D eigenvalue weighted by Crippen LogP contribution is 2.47. The van der Waals surface area contributed by atoms with Gasteiger partial charge >= 0.3 is 5.97 Å². The highest BCUT2D eigenvalue weighted by atomic mass is 32.1. The van der Waals surface area contributed by atoms with Crippen LogP contribution in [0.5, 0.6) is 0 Å². The van der Waals surface area contributed by atoms with Crippen molar-refractivity contribution in [3.63, 3.8) is 0 Å². The predicted molar refractivity (Wildman–Crippen MR) is 108 cm³/mol. The molecule has 4 heterocycles. The molecule has 0 bridgehead atoms. The van der Waals surface area contributed by atoms with Gasteiger partial charge in [-0.2, -0.15) is 0 Å². The van der Waals surface area contributed by atoms with E-state index in [-0.39, 0.29) is 12.1 Å². The van der Waals surface area contributed by atoms with Gasteiger partial charge in [-0.3, -0.25) is 9.78 Å². The summed E-state index contributed by atoms with van der Waals surface area (Å²) < 4.78 is 0. The number of pyridine rings is 2.